The lowest BCUT2D eigenvalue weighted by molar-refractivity contribution is -0.116. The molecule has 0 atom stereocenters. The Morgan fingerprint density at radius 3 is 2.75 bits per heavy atom. The molecule has 1 aromatic heterocycles. The summed E-state index contributed by atoms with van der Waals surface area (Å²) < 4.78 is 0. The van der Waals surface area contributed by atoms with E-state index in [2.05, 4.69) is 10.6 Å². The molecule has 5 nitrogen and oxygen atoms in total. The molecule has 3 rings (SSSR count). The van der Waals surface area contributed by atoms with Crippen LogP contribution in [0.15, 0.2) is 12.1 Å². The molecule has 1 aromatic carbocycles. The van der Waals surface area contributed by atoms with Gasteiger partial charge in [0.05, 0.1) is 27.0 Å². The number of aromatic nitrogens is 1. The molecule has 2 amide bonds. The maximum atomic E-state index is 12.7. The predicted molar refractivity (Wildman–Crippen MR) is 115 cm³/mol. The van der Waals surface area contributed by atoms with Crippen LogP contribution in [-0.2, 0) is 24.1 Å². The molecule has 0 spiro atoms. The van der Waals surface area contributed by atoms with Crippen molar-refractivity contribution in [2.45, 2.75) is 51.9 Å². The highest BCUT2D eigenvalue weighted by atomic mass is 35.5. The van der Waals surface area contributed by atoms with Crippen LogP contribution in [0.25, 0.3) is 0 Å². The van der Waals surface area contributed by atoms with Gasteiger partial charge in [-0.3, -0.25) is 9.59 Å². The Morgan fingerprint density at radius 1 is 1.21 bits per heavy atom. The lowest BCUT2D eigenvalue weighted by atomic mass is 10.0. The molecule has 0 bridgehead atoms. The molecule has 1 aliphatic carbocycles. The van der Waals surface area contributed by atoms with Crippen LogP contribution in [0.4, 0.5) is 5.69 Å². The third kappa shape index (κ3) is 5.25. The van der Waals surface area contributed by atoms with E-state index in [0.29, 0.717) is 36.5 Å². The zero-order chi connectivity index (χ0) is 20.1. The van der Waals surface area contributed by atoms with Crippen molar-refractivity contribution >= 4 is 52.0 Å². The maximum absolute atomic E-state index is 12.7. The number of hydrogen-bond acceptors (Lipinski definition) is 4. The summed E-state index contributed by atoms with van der Waals surface area (Å²) in [5.41, 5.74) is 1.78. The molecular weight excluding hydrogens is 417 g/mol. The van der Waals surface area contributed by atoms with Gasteiger partial charge >= 0.3 is 0 Å². The molecule has 2 N–H and O–H groups in total. The maximum Gasteiger partial charge on any atom is 0.253 e. The van der Waals surface area contributed by atoms with Gasteiger partial charge in [0.1, 0.15) is 0 Å². The molecule has 1 aliphatic rings. The summed E-state index contributed by atoms with van der Waals surface area (Å²) in [5, 5.41) is 7.25. The highest BCUT2D eigenvalue weighted by molar-refractivity contribution is 7.11. The largest absolute Gasteiger partial charge is 0.352 e. The normalized spacial score (nSPS) is 13.1. The number of nitrogens with zero attached hydrogens (tertiary/aromatic N) is 1. The molecule has 28 heavy (non-hydrogen) atoms. The zero-order valence-electron chi connectivity index (χ0n) is 15.7. The third-order valence-corrected chi connectivity index (χ3v) is 6.29. The molecule has 0 unspecified atom stereocenters. The number of halogens is 2. The smallest absolute Gasteiger partial charge is 0.253 e. The fourth-order valence-corrected chi connectivity index (χ4v) is 4.90. The standard InChI is InChI=1S/C20H23Cl2N3O2S/c1-2-5-17(26)25-19-13(10-12(21)11-14(19)22)20(27)23-9-8-18-24-15-6-3-4-7-16(15)28-18/h10-11H,2-9H2,1H3,(H,23,27)(H,25,26). The van der Waals surface area contributed by atoms with Crippen LogP contribution in [0.5, 0.6) is 0 Å². The lowest BCUT2D eigenvalue weighted by Crippen LogP contribution is -2.27. The van der Waals surface area contributed by atoms with E-state index in [-0.39, 0.29) is 22.4 Å². The molecule has 0 saturated carbocycles. The summed E-state index contributed by atoms with van der Waals surface area (Å²) >= 11 is 14.0. The zero-order valence-corrected chi connectivity index (χ0v) is 18.1. The number of carbonyl (C=O) groups is 2. The van der Waals surface area contributed by atoms with Gasteiger partial charge in [0.2, 0.25) is 5.91 Å². The molecule has 150 valence electrons. The lowest BCUT2D eigenvalue weighted by Gasteiger charge is -2.13. The second-order valence-electron chi connectivity index (χ2n) is 6.80. The number of thiazole rings is 1. The van der Waals surface area contributed by atoms with E-state index in [1.165, 1.54) is 35.5 Å². The fourth-order valence-electron chi connectivity index (χ4n) is 3.20. The number of fused-ring (bicyclic) bond motifs is 1. The summed E-state index contributed by atoms with van der Waals surface area (Å²) in [6, 6.07) is 3.04. The number of aryl methyl sites for hydroxylation is 2. The molecule has 1 heterocycles. The molecule has 0 fully saturated rings. The molecule has 8 heteroatoms. The Morgan fingerprint density at radius 2 is 2.00 bits per heavy atom. The fraction of sp³-hybridized carbons (Fsp3) is 0.450. The van der Waals surface area contributed by atoms with E-state index in [1.54, 1.807) is 11.3 Å². The van der Waals surface area contributed by atoms with Crippen LogP contribution in [0, 0.1) is 0 Å². The quantitative estimate of drug-likeness (QED) is 0.634. The van der Waals surface area contributed by atoms with Crippen molar-refractivity contribution in [3.63, 3.8) is 0 Å². The van der Waals surface area contributed by atoms with Crippen molar-refractivity contribution in [3.8, 4) is 0 Å². The minimum Gasteiger partial charge on any atom is -0.352 e. The van der Waals surface area contributed by atoms with Crippen molar-refractivity contribution < 1.29 is 9.59 Å². The van der Waals surface area contributed by atoms with Gasteiger partial charge in [-0.05, 0) is 44.2 Å². The number of benzene rings is 1. The Kier molecular flexibility index (Phi) is 7.32. The summed E-state index contributed by atoms with van der Waals surface area (Å²) in [6.45, 7) is 2.37. The van der Waals surface area contributed by atoms with Gasteiger partial charge in [-0.2, -0.15) is 0 Å². The van der Waals surface area contributed by atoms with Gasteiger partial charge in [-0.25, -0.2) is 4.98 Å². The summed E-state index contributed by atoms with van der Waals surface area (Å²) in [6.07, 6.45) is 6.34. The summed E-state index contributed by atoms with van der Waals surface area (Å²) in [4.78, 5) is 30.8. The van der Waals surface area contributed by atoms with Gasteiger partial charge in [0.25, 0.3) is 5.91 Å². The summed E-state index contributed by atoms with van der Waals surface area (Å²) in [7, 11) is 0. The Balaban J connectivity index is 1.66. The Hall–Kier alpha value is -1.63. The highest BCUT2D eigenvalue weighted by Gasteiger charge is 2.19. The van der Waals surface area contributed by atoms with Crippen LogP contribution < -0.4 is 10.6 Å². The van der Waals surface area contributed by atoms with Crippen molar-refractivity contribution in [1.29, 1.82) is 0 Å². The number of rotatable bonds is 7. The van der Waals surface area contributed by atoms with E-state index in [1.807, 2.05) is 6.92 Å². The van der Waals surface area contributed by atoms with Crippen LogP contribution in [0.1, 0.15) is 58.5 Å². The van der Waals surface area contributed by atoms with Gasteiger partial charge in [0, 0.05) is 29.3 Å². The van der Waals surface area contributed by atoms with E-state index >= 15 is 0 Å². The molecular formula is C20H23Cl2N3O2S. The van der Waals surface area contributed by atoms with Crippen LogP contribution in [0.2, 0.25) is 10.0 Å². The van der Waals surface area contributed by atoms with Gasteiger partial charge in [-0.15, -0.1) is 11.3 Å². The second kappa shape index (κ2) is 9.72. The topological polar surface area (TPSA) is 71.1 Å². The van der Waals surface area contributed by atoms with E-state index in [4.69, 9.17) is 28.2 Å². The second-order valence-corrected chi connectivity index (χ2v) is 8.81. The van der Waals surface area contributed by atoms with Crippen molar-refractivity contribution in [2.75, 3.05) is 11.9 Å². The predicted octanol–water partition coefficient (Wildman–Crippen LogP) is 5.04. The van der Waals surface area contributed by atoms with E-state index in [0.717, 1.165) is 17.8 Å². The minimum absolute atomic E-state index is 0.186. The first-order valence-corrected chi connectivity index (χ1v) is 11.1. The van der Waals surface area contributed by atoms with Gasteiger partial charge in [0.15, 0.2) is 0 Å². The van der Waals surface area contributed by atoms with Crippen LogP contribution in [0.3, 0.4) is 0 Å². The average Bonchev–Trinajstić information content (AvgIpc) is 3.06. The molecule has 0 saturated heterocycles. The SMILES string of the molecule is CCCC(=O)Nc1c(Cl)cc(Cl)cc1C(=O)NCCc1nc2c(s1)CCCC2. The van der Waals surface area contributed by atoms with Crippen LogP contribution in [-0.4, -0.2) is 23.3 Å². The van der Waals surface area contributed by atoms with Crippen molar-refractivity contribution in [1.82, 2.24) is 10.3 Å². The Labute approximate surface area is 178 Å². The number of carbonyl (C=O) groups excluding carboxylic acids is 2. The number of amides is 2. The first kappa shape index (κ1) is 21.1. The van der Waals surface area contributed by atoms with Crippen LogP contribution >= 0.6 is 34.5 Å². The molecule has 0 aliphatic heterocycles. The number of anilines is 1. The first-order valence-electron chi connectivity index (χ1n) is 9.52. The molecule has 0 radical (unpaired) electrons. The average molecular weight is 440 g/mol. The van der Waals surface area contributed by atoms with Crippen molar-refractivity contribution in [3.05, 3.63) is 43.3 Å². The minimum atomic E-state index is -0.322. The monoisotopic (exact) mass is 439 g/mol. The first-order chi connectivity index (χ1) is 13.5. The highest BCUT2D eigenvalue weighted by Crippen LogP contribution is 2.31. The van der Waals surface area contributed by atoms with E-state index < -0.39 is 0 Å². The number of hydrogen-bond donors (Lipinski definition) is 2. The van der Waals surface area contributed by atoms with Gasteiger partial charge in [-0.1, -0.05) is 30.1 Å². The van der Waals surface area contributed by atoms with Crippen molar-refractivity contribution in [2.24, 2.45) is 0 Å². The summed E-state index contributed by atoms with van der Waals surface area (Å²) in [5.74, 6) is -0.508. The number of nitrogens with one attached hydrogen (secondary N) is 2. The van der Waals surface area contributed by atoms with E-state index in [9.17, 15) is 9.59 Å². The third-order valence-electron chi connectivity index (χ3n) is 4.56. The Bertz CT molecular complexity index is 859. The molecule has 2 aromatic rings. The van der Waals surface area contributed by atoms with Gasteiger partial charge < -0.3 is 10.6 Å².